The molecule has 22 heavy (non-hydrogen) atoms. The van der Waals surface area contributed by atoms with Crippen LogP contribution >= 0.6 is 0 Å². The highest BCUT2D eigenvalue weighted by Crippen LogP contribution is 2.43. The monoisotopic (exact) mass is 294 g/mol. The Kier molecular flexibility index (Phi) is 4.24. The van der Waals surface area contributed by atoms with Gasteiger partial charge in [-0.15, -0.1) is 0 Å². The van der Waals surface area contributed by atoms with Crippen molar-refractivity contribution in [2.24, 2.45) is 5.92 Å². The van der Waals surface area contributed by atoms with Crippen LogP contribution in [0.15, 0.2) is 66.7 Å². The Morgan fingerprint density at radius 2 is 1.77 bits per heavy atom. The standard InChI is InChI=1S/C19H18O3/c20-19(21)10-9-14-11-16(12-14)15-5-4-8-18(13-15)22-17-6-2-1-3-7-17/h1-10,13-14,16H,11-12H2,(H,20,21). The molecule has 0 aromatic heterocycles. The van der Waals surface area contributed by atoms with Gasteiger partial charge in [-0.3, -0.25) is 0 Å². The second kappa shape index (κ2) is 6.48. The molecule has 0 atom stereocenters. The first-order valence-electron chi connectivity index (χ1n) is 7.45. The SMILES string of the molecule is O=C(O)C=CC1CC(c2cccc(Oc3ccccc3)c2)C1. The number of carboxylic acid groups (broad SMARTS) is 1. The van der Waals surface area contributed by atoms with E-state index in [1.54, 1.807) is 6.08 Å². The summed E-state index contributed by atoms with van der Waals surface area (Å²) in [5.74, 6) is 1.66. The highest BCUT2D eigenvalue weighted by Gasteiger charge is 2.28. The van der Waals surface area contributed by atoms with Gasteiger partial charge in [-0.2, -0.15) is 0 Å². The van der Waals surface area contributed by atoms with Crippen molar-refractivity contribution in [3.05, 3.63) is 72.3 Å². The normalized spacial score (nSPS) is 20.5. The molecular formula is C19H18O3. The van der Waals surface area contributed by atoms with Crippen LogP contribution in [0.3, 0.4) is 0 Å². The van der Waals surface area contributed by atoms with Gasteiger partial charge in [0, 0.05) is 6.08 Å². The first-order valence-corrected chi connectivity index (χ1v) is 7.45. The third-order valence-corrected chi connectivity index (χ3v) is 3.99. The van der Waals surface area contributed by atoms with Gasteiger partial charge in [0.2, 0.25) is 0 Å². The second-order valence-corrected chi connectivity index (χ2v) is 5.61. The molecule has 0 unspecified atom stereocenters. The van der Waals surface area contributed by atoms with Crippen molar-refractivity contribution in [2.75, 3.05) is 0 Å². The first-order chi connectivity index (χ1) is 10.7. The lowest BCUT2D eigenvalue weighted by molar-refractivity contribution is -0.131. The molecular weight excluding hydrogens is 276 g/mol. The summed E-state index contributed by atoms with van der Waals surface area (Å²) in [5.41, 5.74) is 1.26. The van der Waals surface area contributed by atoms with E-state index in [1.807, 2.05) is 42.5 Å². The average Bonchev–Trinajstić information content (AvgIpc) is 2.47. The molecule has 0 radical (unpaired) electrons. The Balaban J connectivity index is 1.62. The lowest BCUT2D eigenvalue weighted by Crippen LogP contribution is -2.20. The van der Waals surface area contributed by atoms with Crippen LogP contribution in [0, 0.1) is 5.92 Å². The van der Waals surface area contributed by atoms with Gasteiger partial charge in [-0.25, -0.2) is 4.79 Å². The molecule has 0 spiro atoms. The molecule has 0 bridgehead atoms. The van der Waals surface area contributed by atoms with Crippen molar-refractivity contribution >= 4 is 5.97 Å². The van der Waals surface area contributed by atoms with Gasteiger partial charge < -0.3 is 9.84 Å². The van der Waals surface area contributed by atoms with Crippen LogP contribution in [0.25, 0.3) is 0 Å². The number of aliphatic carboxylic acids is 1. The fraction of sp³-hybridized carbons (Fsp3) is 0.211. The summed E-state index contributed by atoms with van der Waals surface area (Å²) in [5, 5.41) is 8.64. The second-order valence-electron chi connectivity index (χ2n) is 5.61. The molecule has 112 valence electrons. The number of allylic oxidation sites excluding steroid dienone is 1. The highest BCUT2D eigenvalue weighted by atomic mass is 16.5. The molecule has 0 aliphatic heterocycles. The summed E-state index contributed by atoms with van der Waals surface area (Å²) >= 11 is 0. The number of rotatable bonds is 5. The maximum atomic E-state index is 10.5. The molecule has 1 saturated carbocycles. The number of carbonyl (C=O) groups is 1. The van der Waals surface area contributed by atoms with E-state index in [1.165, 1.54) is 11.6 Å². The van der Waals surface area contributed by atoms with Crippen molar-refractivity contribution in [2.45, 2.75) is 18.8 Å². The molecule has 0 heterocycles. The Morgan fingerprint density at radius 3 is 2.50 bits per heavy atom. The van der Waals surface area contributed by atoms with Gasteiger partial charge in [-0.1, -0.05) is 36.4 Å². The van der Waals surface area contributed by atoms with Gasteiger partial charge in [0.1, 0.15) is 11.5 Å². The summed E-state index contributed by atoms with van der Waals surface area (Å²) < 4.78 is 5.85. The predicted octanol–water partition coefficient (Wildman–Crippen LogP) is 4.61. The van der Waals surface area contributed by atoms with E-state index in [2.05, 4.69) is 12.1 Å². The van der Waals surface area contributed by atoms with Crippen LogP contribution in [0.4, 0.5) is 0 Å². The molecule has 0 amide bonds. The van der Waals surface area contributed by atoms with Crippen molar-refractivity contribution in [3.8, 4) is 11.5 Å². The molecule has 3 nitrogen and oxygen atoms in total. The zero-order valence-corrected chi connectivity index (χ0v) is 12.2. The maximum Gasteiger partial charge on any atom is 0.327 e. The van der Waals surface area contributed by atoms with Gasteiger partial charge in [-0.05, 0) is 54.5 Å². The highest BCUT2D eigenvalue weighted by molar-refractivity contribution is 5.79. The van der Waals surface area contributed by atoms with Gasteiger partial charge in [0.15, 0.2) is 0 Å². The molecule has 1 aliphatic carbocycles. The Bertz CT molecular complexity index is 670. The molecule has 1 aliphatic rings. The Morgan fingerprint density at radius 1 is 1.05 bits per heavy atom. The fourth-order valence-corrected chi connectivity index (χ4v) is 2.77. The Labute approximate surface area is 129 Å². The lowest BCUT2D eigenvalue weighted by Gasteiger charge is -2.33. The largest absolute Gasteiger partial charge is 0.478 e. The van der Waals surface area contributed by atoms with Gasteiger partial charge in [0.25, 0.3) is 0 Å². The summed E-state index contributed by atoms with van der Waals surface area (Å²) in [6.07, 6.45) is 5.04. The summed E-state index contributed by atoms with van der Waals surface area (Å²) in [6.45, 7) is 0. The smallest absolute Gasteiger partial charge is 0.327 e. The third-order valence-electron chi connectivity index (χ3n) is 3.99. The topological polar surface area (TPSA) is 46.5 Å². The van der Waals surface area contributed by atoms with Crippen LogP contribution in [-0.2, 0) is 4.79 Å². The summed E-state index contributed by atoms with van der Waals surface area (Å²) in [7, 11) is 0. The van der Waals surface area contributed by atoms with E-state index in [4.69, 9.17) is 9.84 Å². The summed E-state index contributed by atoms with van der Waals surface area (Å²) in [4.78, 5) is 10.5. The minimum Gasteiger partial charge on any atom is -0.478 e. The number of benzene rings is 2. The number of hydrogen-bond donors (Lipinski definition) is 1. The van der Waals surface area contributed by atoms with E-state index in [9.17, 15) is 4.79 Å². The predicted molar refractivity (Wildman–Crippen MR) is 85.2 cm³/mol. The van der Waals surface area contributed by atoms with Crippen LogP contribution in [-0.4, -0.2) is 11.1 Å². The van der Waals surface area contributed by atoms with Crippen molar-refractivity contribution in [1.29, 1.82) is 0 Å². The molecule has 2 aromatic carbocycles. The zero-order chi connectivity index (χ0) is 15.4. The van der Waals surface area contributed by atoms with Crippen molar-refractivity contribution in [3.63, 3.8) is 0 Å². The zero-order valence-electron chi connectivity index (χ0n) is 12.2. The van der Waals surface area contributed by atoms with Crippen LogP contribution in [0.1, 0.15) is 24.3 Å². The maximum absolute atomic E-state index is 10.5. The molecule has 0 saturated heterocycles. The number of hydrogen-bond acceptors (Lipinski definition) is 2. The van der Waals surface area contributed by atoms with Gasteiger partial charge in [0.05, 0.1) is 0 Å². The van der Waals surface area contributed by atoms with Crippen LogP contribution < -0.4 is 4.74 Å². The summed E-state index contributed by atoms with van der Waals surface area (Å²) in [6, 6.07) is 17.9. The molecule has 3 heteroatoms. The quantitative estimate of drug-likeness (QED) is 0.819. The number of para-hydroxylation sites is 1. The van der Waals surface area contributed by atoms with E-state index in [0.717, 1.165) is 24.3 Å². The molecule has 1 N–H and O–H groups in total. The fourth-order valence-electron chi connectivity index (χ4n) is 2.77. The van der Waals surface area contributed by atoms with Gasteiger partial charge >= 0.3 is 5.97 Å². The molecule has 1 fully saturated rings. The molecule has 3 rings (SSSR count). The molecule has 2 aromatic rings. The third kappa shape index (κ3) is 3.55. The van der Waals surface area contributed by atoms with Crippen LogP contribution in [0.5, 0.6) is 11.5 Å². The minimum absolute atomic E-state index is 0.375. The lowest BCUT2D eigenvalue weighted by atomic mass is 9.71. The Hall–Kier alpha value is -2.55. The average molecular weight is 294 g/mol. The minimum atomic E-state index is -0.873. The van der Waals surface area contributed by atoms with E-state index >= 15 is 0 Å². The van der Waals surface area contributed by atoms with Crippen LogP contribution in [0.2, 0.25) is 0 Å². The number of ether oxygens (including phenoxy) is 1. The van der Waals surface area contributed by atoms with Crippen molar-refractivity contribution < 1.29 is 14.6 Å². The van der Waals surface area contributed by atoms with E-state index in [0.29, 0.717) is 11.8 Å². The van der Waals surface area contributed by atoms with Crippen molar-refractivity contribution in [1.82, 2.24) is 0 Å². The first kappa shape index (κ1) is 14.4. The van der Waals surface area contributed by atoms with E-state index < -0.39 is 5.97 Å². The number of carboxylic acids is 1. The van der Waals surface area contributed by atoms with E-state index in [-0.39, 0.29) is 0 Å².